The minimum absolute atomic E-state index is 0.0179. The third-order valence-electron chi connectivity index (χ3n) is 5.00. The van der Waals surface area contributed by atoms with Crippen molar-refractivity contribution in [2.24, 2.45) is 11.1 Å². The molecule has 1 atom stereocenters. The maximum absolute atomic E-state index is 6.08. The highest BCUT2D eigenvalue weighted by Crippen LogP contribution is 2.66. The van der Waals surface area contributed by atoms with E-state index in [1.807, 2.05) is 0 Å². The molecule has 0 aromatic heterocycles. The van der Waals surface area contributed by atoms with Gasteiger partial charge in [0.1, 0.15) is 11.5 Å². The Labute approximate surface area is 116 Å². The zero-order chi connectivity index (χ0) is 14.4. The lowest BCUT2D eigenvalue weighted by atomic mass is 9.85. The van der Waals surface area contributed by atoms with Gasteiger partial charge in [0.05, 0.1) is 14.2 Å². The number of methoxy groups -OCH3 is 2. The molecule has 1 unspecified atom stereocenters. The van der Waals surface area contributed by atoms with E-state index in [4.69, 9.17) is 15.2 Å². The van der Waals surface area contributed by atoms with Crippen molar-refractivity contribution >= 4 is 0 Å². The molecule has 0 amide bonds. The van der Waals surface area contributed by atoms with E-state index in [9.17, 15) is 0 Å². The third kappa shape index (κ3) is 1.83. The fourth-order valence-electron chi connectivity index (χ4n) is 3.32. The first-order valence-corrected chi connectivity index (χ1v) is 6.77. The summed E-state index contributed by atoms with van der Waals surface area (Å²) in [6, 6.07) is 2.11. The molecule has 0 saturated heterocycles. The molecule has 0 heterocycles. The predicted octanol–water partition coefficient (Wildman–Crippen LogP) is 2.95. The summed E-state index contributed by atoms with van der Waals surface area (Å²) >= 11 is 0. The largest absolute Gasteiger partial charge is 0.496 e. The van der Waals surface area contributed by atoms with Crippen molar-refractivity contribution in [2.75, 3.05) is 20.8 Å². The molecule has 2 N–H and O–H groups in total. The van der Waals surface area contributed by atoms with Crippen LogP contribution in [0.5, 0.6) is 11.5 Å². The standard InChI is InChI=1S/C16H25NO2/c1-10-11(2)14(19-6)12(7-13(10)18-5)16(9-17)8-15(16,3)4/h7H,8-9,17H2,1-6H3. The Morgan fingerprint density at radius 1 is 1.16 bits per heavy atom. The van der Waals surface area contributed by atoms with Gasteiger partial charge in [-0.3, -0.25) is 0 Å². The number of nitrogens with two attached hydrogens (primary N) is 1. The van der Waals surface area contributed by atoms with Crippen molar-refractivity contribution in [3.8, 4) is 11.5 Å². The van der Waals surface area contributed by atoms with Crippen molar-refractivity contribution in [2.45, 2.75) is 39.5 Å². The Kier molecular flexibility index (Phi) is 3.29. The quantitative estimate of drug-likeness (QED) is 0.908. The Balaban J connectivity index is 2.67. The Morgan fingerprint density at radius 3 is 2.11 bits per heavy atom. The van der Waals surface area contributed by atoms with Crippen LogP contribution >= 0.6 is 0 Å². The normalized spacial score (nSPS) is 24.2. The van der Waals surface area contributed by atoms with E-state index < -0.39 is 0 Å². The van der Waals surface area contributed by atoms with Crippen LogP contribution in [0.4, 0.5) is 0 Å². The van der Waals surface area contributed by atoms with Gasteiger partial charge < -0.3 is 15.2 Å². The minimum Gasteiger partial charge on any atom is -0.496 e. The molecule has 0 spiro atoms. The number of benzene rings is 1. The molecular formula is C16H25NO2. The van der Waals surface area contributed by atoms with Gasteiger partial charge in [-0.25, -0.2) is 0 Å². The summed E-state index contributed by atoms with van der Waals surface area (Å²) in [6.45, 7) is 9.32. The number of ether oxygens (including phenoxy) is 2. The van der Waals surface area contributed by atoms with Gasteiger partial charge in [-0.1, -0.05) is 13.8 Å². The van der Waals surface area contributed by atoms with E-state index in [0.717, 1.165) is 29.0 Å². The van der Waals surface area contributed by atoms with Gasteiger partial charge in [0, 0.05) is 17.5 Å². The smallest absolute Gasteiger partial charge is 0.126 e. The second-order valence-corrected chi connectivity index (χ2v) is 6.26. The van der Waals surface area contributed by atoms with E-state index in [2.05, 4.69) is 33.8 Å². The van der Waals surface area contributed by atoms with Crippen LogP contribution in [0.25, 0.3) is 0 Å². The average Bonchev–Trinajstić information content (AvgIpc) is 2.95. The second kappa shape index (κ2) is 4.41. The monoisotopic (exact) mass is 263 g/mol. The molecule has 3 nitrogen and oxygen atoms in total. The van der Waals surface area contributed by atoms with Gasteiger partial charge in [-0.05, 0) is 42.9 Å². The maximum Gasteiger partial charge on any atom is 0.126 e. The molecule has 19 heavy (non-hydrogen) atoms. The van der Waals surface area contributed by atoms with E-state index in [-0.39, 0.29) is 10.8 Å². The van der Waals surface area contributed by atoms with Gasteiger partial charge in [0.15, 0.2) is 0 Å². The maximum atomic E-state index is 6.08. The first kappa shape index (κ1) is 14.2. The van der Waals surface area contributed by atoms with Crippen molar-refractivity contribution < 1.29 is 9.47 Å². The van der Waals surface area contributed by atoms with Crippen LogP contribution in [-0.2, 0) is 5.41 Å². The van der Waals surface area contributed by atoms with Crippen molar-refractivity contribution in [3.05, 3.63) is 22.8 Å². The van der Waals surface area contributed by atoms with E-state index >= 15 is 0 Å². The number of rotatable bonds is 4. The molecule has 106 valence electrons. The van der Waals surface area contributed by atoms with Crippen LogP contribution in [0.3, 0.4) is 0 Å². The van der Waals surface area contributed by atoms with Crippen LogP contribution in [0.15, 0.2) is 6.07 Å². The zero-order valence-corrected chi connectivity index (χ0v) is 12.9. The summed E-state index contributed by atoms with van der Waals surface area (Å²) in [5, 5.41) is 0. The van der Waals surface area contributed by atoms with Gasteiger partial charge >= 0.3 is 0 Å². The van der Waals surface area contributed by atoms with Crippen LogP contribution in [0.2, 0.25) is 0 Å². The van der Waals surface area contributed by atoms with Gasteiger partial charge in [0.2, 0.25) is 0 Å². The molecule has 1 aromatic rings. The van der Waals surface area contributed by atoms with Crippen LogP contribution in [-0.4, -0.2) is 20.8 Å². The van der Waals surface area contributed by atoms with Gasteiger partial charge in [0.25, 0.3) is 0 Å². The number of hydrogen-bond acceptors (Lipinski definition) is 3. The second-order valence-electron chi connectivity index (χ2n) is 6.26. The molecule has 0 aliphatic heterocycles. The molecule has 1 saturated carbocycles. The molecule has 0 bridgehead atoms. The molecule has 1 aliphatic rings. The topological polar surface area (TPSA) is 44.5 Å². The summed E-state index contributed by atoms with van der Waals surface area (Å²) in [5.74, 6) is 1.89. The molecule has 0 radical (unpaired) electrons. The summed E-state index contributed by atoms with van der Waals surface area (Å²) in [7, 11) is 3.45. The lowest BCUT2D eigenvalue weighted by Crippen LogP contribution is -2.26. The predicted molar refractivity (Wildman–Crippen MR) is 78.2 cm³/mol. The average molecular weight is 263 g/mol. The lowest BCUT2D eigenvalue weighted by molar-refractivity contribution is 0.381. The summed E-state index contributed by atoms with van der Waals surface area (Å²) in [5.41, 5.74) is 9.80. The minimum atomic E-state index is 0.0179. The van der Waals surface area contributed by atoms with Gasteiger partial charge in [-0.2, -0.15) is 0 Å². The van der Waals surface area contributed by atoms with E-state index in [1.165, 1.54) is 5.56 Å². The molecule has 1 aliphatic carbocycles. The van der Waals surface area contributed by atoms with Crippen LogP contribution in [0.1, 0.15) is 37.0 Å². The van der Waals surface area contributed by atoms with E-state index in [0.29, 0.717) is 6.54 Å². The Bertz CT molecular complexity index is 508. The molecule has 3 heteroatoms. The van der Waals surface area contributed by atoms with Crippen LogP contribution in [0, 0.1) is 19.3 Å². The van der Waals surface area contributed by atoms with Crippen LogP contribution < -0.4 is 15.2 Å². The first-order valence-electron chi connectivity index (χ1n) is 6.77. The van der Waals surface area contributed by atoms with Crippen molar-refractivity contribution in [1.82, 2.24) is 0 Å². The molecule has 1 aromatic carbocycles. The van der Waals surface area contributed by atoms with Gasteiger partial charge in [-0.15, -0.1) is 0 Å². The highest BCUT2D eigenvalue weighted by Gasteiger charge is 2.62. The highest BCUT2D eigenvalue weighted by molar-refractivity contribution is 5.58. The first-order chi connectivity index (χ1) is 8.84. The summed E-state index contributed by atoms with van der Waals surface area (Å²) in [6.07, 6.45) is 1.10. The highest BCUT2D eigenvalue weighted by atomic mass is 16.5. The molecule has 2 rings (SSSR count). The Morgan fingerprint density at radius 2 is 1.74 bits per heavy atom. The Hall–Kier alpha value is -1.22. The molecule has 1 fully saturated rings. The zero-order valence-electron chi connectivity index (χ0n) is 12.9. The van der Waals surface area contributed by atoms with Crippen molar-refractivity contribution in [3.63, 3.8) is 0 Å². The fraction of sp³-hybridized carbons (Fsp3) is 0.625. The van der Waals surface area contributed by atoms with E-state index in [1.54, 1.807) is 14.2 Å². The fourth-order valence-corrected chi connectivity index (χ4v) is 3.32. The van der Waals surface area contributed by atoms with Crippen molar-refractivity contribution in [1.29, 1.82) is 0 Å². The lowest BCUT2D eigenvalue weighted by Gasteiger charge is -2.25. The SMILES string of the molecule is COc1cc(C2(CN)CC2(C)C)c(OC)c(C)c1C. The number of hydrogen-bond donors (Lipinski definition) is 1. The third-order valence-corrected chi connectivity index (χ3v) is 5.00. The molecular weight excluding hydrogens is 238 g/mol. The summed E-state index contributed by atoms with van der Waals surface area (Å²) < 4.78 is 11.2. The summed E-state index contributed by atoms with van der Waals surface area (Å²) in [4.78, 5) is 0.